The number of unbranched alkanes of at least 4 members (excludes halogenated alkanes) is 1. The van der Waals surface area contributed by atoms with Crippen LogP contribution in [0.15, 0.2) is 60.8 Å². The summed E-state index contributed by atoms with van der Waals surface area (Å²) in [5.74, 6) is 2.45. The molecule has 0 bridgehead atoms. The van der Waals surface area contributed by atoms with E-state index < -0.39 is 18.1 Å². The molecule has 4 aromatic rings. The molecule has 1 aliphatic heterocycles. The van der Waals surface area contributed by atoms with E-state index in [1.165, 1.54) is 18.2 Å². The molecule has 1 aliphatic rings. The van der Waals surface area contributed by atoms with Gasteiger partial charge in [-0.2, -0.15) is 13.2 Å². The number of hydrogen-bond acceptors (Lipinski definition) is 6. The Kier molecular flexibility index (Phi) is 10.5. The topological polar surface area (TPSA) is 149 Å². The summed E-state index contributed by atoms with van der Waals surface area (Å²) in [5.41, 5.74) is 4.28. The lowest BCUT2D eigenvalue weighted by molar-refractivity contribution is -0.192. The van der Waals surface area contributed by atoms with E-state index in [9.17, 15) is 22.8 Å². The predicted molar refractivity (Wildman–Crippen MR) is 160 cm³/mol. The molecule has 45 heavy (non-hydrogen) atoms. The first-order chi connectivity index (χ1) is 21.4. The van der Waals surface area contributed by atoms with Gasteiger partial charge in [-0.3, -0.25) is 9.69 Å². The number of aryl methyl sites for hydroxylation is 1. The van der Waals surface area contributed by atoms with Gasteiger partial charge in [0.05, 0.1) is 5.52 Å². The summed E-state index contributed by atoms with van der Waals surface area (Å²) < 4.78 is 31.7. The highest BCUT2D eigenvalue weighted by molar-refractivity contribution is 6.04. The van der Waals surface area contributed by atoms with Gasteiger partial charge in [0.15, 0.2) is 0 Å². The van der Waals surface area contributed by atoms with E-state index in [1.807, 2.05) is 30.3 Å². The Hall–Kier alpha value is -5.22. The van der Waals surface area contributed by atoms with Gasteiger partial charge in [0, 0.05) is 41.4 Å². The van der Waals surface area contributed by atoms with Gasteiger partial charge >= 0.3 is 18.1 Å². The van der Waals surface area contributed by atoms with Gasteiger partial charge in [-0.05, 0) is 81.1 Å². The van der Waals surface area contributed by atoms with E-state index in [0.29, 0.717) is 29.5 Å². The van der Waals surface area contributed by atoms with Crippen LogP contribution in [0.2, 0.25) is 0 Å². The number of carbonyl (C=O) groups excluding carboxylic acids is 1. The number of likely N-dealkylation sites (tertiary alicyclic amines) is 1. The average molecular weight is 622 g/mol. The van der Waals surface area contributed by atoms with Crippen molar-refractivity contribution in [1.29, 1.82) is 0 Å². The summed E-state index contributed by atoms with van der Waals surface area (Å²) in [6, 6.07) is 16.8. The Morgan fingerprint density at radius 3 is 2.49 bits per heavy atom. The van der Waals surface area contributed by atoms with Crippen LogP contribution < -0.4 is 5.32 Å². The number of aromatic amines is 1. The first kappa shape index (κ1) is 32.7. The maximum Gasteiger partial charge on any atom is 0.490 e. The number of H-pyrrole nitrogens is 1. The van der Waals surface area contributed by atoms with E-state index >= 15 is 0 Å². The lowest BCUT2D eigenvalue weighted by Gasteiger charge is -2.17. The lowest BCUT2D eigenvalue weighted by atomic mass is 10.1. The number of nitrogens with zero attached hydrogens (tertiary/aromatic N) is 3. The molecule has 5 rings (SSSR count). The monoisotopic (exact) mass is 621 g/mol. The van der Waals surface area contributed by atoms with E-state index in [2.05, 4.69) is 50.1 Å². The molecule has 4 N–H and O–H groups in total. The highest BCUT2D eigenvalue weighted by Crippen LogP contribution is 2.32. The van der Waals surface area contributed by atoms with Crippen molar-refractivity contribution in [2.45, 2.75) is 44.3 Å². The van der Waals surface area contributed by atoms with Crippen LogP contribution in [-0.2, 0) is 11.2 Å². The lowest BCUT2D eigenvalue weighted by Crippen LogP contribution is -2.21. The fourth-order valence-electron chi connectivity index (χ4n) is 4.77. The third-order valence-corrected chi connectivity index (χ3v) is 7.06. The second kappa shape index (κ2) is 14.5. The second-order valence-electron chi connectivity index (χ2n) is 10.3. The van der Waals surface area contributed by atoms with Crippen molar-refractivity contribution < 1.29 is 37.8 Å². The summed E-state index contributed by atoms with van der Waals surface area (Å²) in [6.07, 6.45) is 1.38. The molecule has 234 valence electrons. The number of nitrogens with one attached hydrogen (secondary N) is 2. The number of rotatable bonds is 7. The van der Waals surface area contributed by atoms with Crippen molar-refractivity contribution in [3.05, 3.63) is 89.0 Å². The largest absolute Gasteiger partial charge is 0.490 e. The normalized spacial score (nSPS) is 14.6. The summed E-state index contributed by atoms with van der Waals surface area (Å²) in [7, 11) is 2.15. The number of aromatic carboxylic acids is 1. The van der Waals surface area contributed by atoms with Crippen molar-refractivity contribution in [2.75, 3.05) is 18.9 Å². The van der Waals surface area contributed by atoms with Crippen LogP contribution in [0.3, 0.4) is 0 Å². The second-order valence-corrected chi connectivity index (χ2v) is 10.3. The van der Waals surface area contributed by atoms with Crippen molar-refractivity contribution in [3.8, 4) is 11.8 Å². The number of aromatic nitrogens is 3. The maximum absolute atomic E-state index is 12.8. The Bertz CT molecular complexity index is 1740. The van der Waals surface area contributed by atoms with Crippen LogP contribution in [0, 0.1) is 11.8 Å². The molecule has 0 aliphatic carbocycles. The molecule has 1 aromatic carbocycles. The zero-order valence-corrected chi connectivity index (χ0v) is 24.2. The average Bonchev–Trinajstić information content (AvgIpc) is 3.62. The van der Waals surface area contributed by atoms with E-state index in [0.717, 1.165) is 42.3 Å². The minimum Gasteiger partial charge on any atom is -0.477 e. The first-order valence-corrected chi connectivity index (χ1v) is 14.0. The highest BCUT2D eigenvalue weighted by atomic mass is 19.4. The van der Waals surface area contributed by atoms with Crippen molar-refractivity contribution in [3.63, 3.8) is 0 Å². The first-order valence-electron chi connectivity index (χ1n) is 14.0. The molecule has 10 nitrogen and oxygen atoms in total. The number of halogens is 3. The number of anilines is 1. The molecule has 4 heterocycles. The van der Waals surface area contributed by atoms with Gasteiger partial charge in [0.1, 0.15) is 17.2 Å². The molecule has 1 saturated heterocycles. The molecule has 0 unspecified atom stereocenters. The van der Waals surface area contributed by atoms with Crippen LogP contribution in [0.5, 0.6) is 0 Å². The SMILES string of the molecule is CN1CCC[C@@H]1c1cc2cnc(NC(=O)c3ccc(CCCC#Cc4cccc(C(=O)O)n4)cc3)cc2[nH]1.O=C(O)C(F)(F)F. The zero-order chi connectivity index (χ0) is 32.6. The predicted octanol–water partition coefficient (Wildman–Crippen LogP) is 5.68. The van der Waals surface area contributed by atoms with E-state index in [4.69, 9.17) is 15.0 Å². The molecular weight excluding hydrogens is 591 g/mol. The molecule has 3 aromatic heterocycles. The summed E-state index contributed by atoms with van der Waals surface area (Å²) in [6.45, 7) is 1.11. The molecule has 0 spiro atoms. The van der Waals surface area contributed by atoms with Crippen LogP contribution in [0.25, 0.3) is 10.9 Å². The highest BCUT2D eigenvalue weighted by Gasteiger charge is 2.38. The van der Waals surface area contributed by atoms with Gasteiger partial charge in [0.25, 0.3) is 5.91 Å². The summed E-state index contributed by atoms with van der Waals surface area (Å²) in [4.78, 5) is 47.0. The quantitative estimate of drug-likeness (QED) is 0.152. The minimum atomic E-state index is -5.08. The minimum absolute atomic E-state index is 0.0111. The number of fused-ring (bicyclic) bond motifs is 1. The fraction of sp³-hybridized carbons (Fsp3) is 0.281. The zero-order valence-electron chi connectivity index (χ0n) is 24.2. The number of pyridine rings is 2. The van der Waals surface area contributed by atoms with Gasteiger partial charge in [-0.25, -0.2) is 19.6 Å². The molecule has 0 radical (unpaired) electrons. The Morgan fingerprint density at radius 1 is 1.11 bits per heavy atom. The van der Waals surface area contributed by atoms with Crippen molar-refractivity contribution in [1.82, 2.24) is 19.9 Å². The Balaban J connectivity index is 0.000000591. The molecule has 1 fully saturated rings. The number of carboxylic acid groups (broad SMARTS) is 2. The maximum atomic E-state index is 12.8. The number of benzene rings is 1. The molecule has 13 heteroatoms. The number of hydrogen-bond donors (Lipinski definition) is 4. The summed E-state index contributed by atoms with van der Waals surface area (Å²) >= 11 is 0. The van der Waals surface area contributed by atoms with Crippen molar-refractivity contribution in [2.24, 2.45) is 0 Å². The van der Waals surface area contributed by atoms with Crippen LogP contribution in [0.1, 0.15) is 69.5 Å². The van der Waals surface area contributed by atoms with Crippen LogP contribution >= 0.6 is 0 Å². The number of alkyl halides is 3. The third-order valence-electron chi connectivity index (χ3n) is 7.06. The number of aliphatic carboxylic acids is 1. The van der Waals surface area contributed by atoms with Gasteiger partial charge in [-0.15, -0.1) is 0 Å². The number of amides is 1. The molecule has 1 atom stereocenters. The smallest absolute Gasteiger partial charge is 0.477 e. The van der Waals surface area contributed by atoms with Gasteiger partial charge in [0.2, 0.25) is 0 Å². The van der Waals surface area contributed by atoms with Crippen LogP contribution in [-0.4, -0.2) is 67.7 Å². The number of carboxylic acids is 2. The molecule has 0 saturated carbocycles. The van der Waals surface area contributed by atoms with Crippen LogP contribution in [0.4, 0.5) is 19.0 Å². The fourth-order valence-corrected chi connectivity index (χ4v) is 4.77. The molecule has 1 amide bonds. The van der Waals surface area contributed by atoms with E-state index in [-0.39, 0.29) is 11.6 Å². The van der Waals surface area contributed by atoms with Gasteiger partial charge in [-0.1, -0.05) is 24.1 Å². The Labute approximate surface area is 256 Å². The van der Waals surface area contributed by atoms with Gasteiger partial charge < -0.3 is 20.5 Å². The van der Waals surface area contributed by atoms with Crippen molar-refractivity contribution >= 4 is 34.6 Å². The Morgan fingerprint density at radius 2 is 1.84 bits per heavy atom. The molecular formula is C32H30F3N5O5. The third kappa shape index (κ3) is 9.14. The number of carbonyl (C=O) groups is 3. The standard InChI is InChI=1S/C30H29N5O3.C2HF3O2/c1-35-16-6-11-27(35)26-17-22-19-31-28(18-25(22)33-26)34-29(36)21-14-12-20(13-15-21)7-3-2-4-8-23-9-5-10-24(32-23)30(37)38;3-2(4,5)1(6)7/h5,9-10,12-15,17-19,27,33H,2-3,6-7,11,16H2,1H3,(H,37,38)(H,31,34,36);(H,6,7)/t27-;/m1./s1. The van der Waals surface area contributed by atoms with E-state index in [1.54, 1.807) is 18.3 Å². The summed E-state index contributed by atoms with van der Waals surface area (Å²) in [5, 5.41) is 20.1.